The van der Waals surface area contributed by atoms with Crippen molar-refractivity contribution in [3.05, 3.63) is 40.3 Å². The Balaban J connectivity index is 2.29. The van der Waals surface area contributed by atoms with E-state index < -0.39 is 5.54 Å². The zero-order chi connectivity index (χ0) is 14.8. The monoisotopic (exact) mass is 291 g/mol. The first-order valence-corrected chi connectivity index (χ1v) is 6.98. The fraction of sp³-hybridized carbons (Fsp3) is 0.286. The Morgan fingerprint density at radius 1 is 1.45 bits per heavy atom. The first-order chi connectivity index (χ1) is 9.45. The highest BCUT2D eigenvalue weighted by Crippen LogP contribution is 2.27. The topological polar surface area (TPSA) is 77.2 Å². The van der Waals surface area contributed by atoms with Crippen LogP contribution in [0.3, 0.4) is 0 Å². The van der Waals surface area contributed by atoms with Gasteiger partial charge in [0.15, 0.2) is 0 Å². The summed E-state index contributed by atoms with van der Waals surface area (Å²) in [5.74, 6) is 0.178. The quantitative estimate of drug-likeness (QED) is 0.848. The van der Waals surface area contributed by atoms with Crippen molar-refractivity contribution in [3.8, 4) is 5.75 Å². The summed E-state index contributed by atoms with van der Waals surface area (Å²) in [4.78, 5) is 16.7. The molecule has 0 atom stereocenters. The third kappa shape index (κ3) is 2.75. The number of ether oxygens (including phenoxy) is 1. The van der Waals surface area contributed by atoms with Gasteiger partial charge in [-0.15, -0.1) is 11.3 Å². The summed E-state index contributed by atoms with van der Waals surface area (Å²) in [5.41, 5.74) is 6.04. The van der Waals surface area contributed by atoms with Crippen LogP contribution < -0.4 is 15.8 Å². The average molecular weight is 291 g/mol. The van der Waals surface area contributed by atoms with E-state index in [1.54, 1.807) is 24.4 Å². The smallest absolute Gasteiger partial charge is 0.257 e. The summed E-state index contributed by atoms with van der Waals surface area (Å²) in [7, 11) is 1.51. The van der Waals surface area contributed by atoms with Crippen LogP contribution in [0.5, 0.6) is 5.75 Å². The summed E-state index contributed by atoms with van der Waals surface area (Å²) in [6.07, 6.45) is 1.71. The molecule has 1 heterocycles. The Morgan fingerprint density at radius 2 is 2.20 bits per heavy atom. The largest absolute Gasteiger partial charge is 0.496 e. The molecule has 0 unspecified atom stereocenters. The van der Waals surface area contributed by atoms with Crippen LogP contribution in [0.1, 0.15) is 29.2 Å². The molecule has 0 aliphatic heterocycles. The highest BCUT2D eigenvalue weighted by Gasteiger charge is 2.28. The first kappa shape index (κ1) is 14.3. The maximum atomic E-state index is 12.5. The number of rotatable bonds is 4. The number of carbonyl (C=O) groups excluding carboxylic acids is 1. The van der Waals surface area contributed by atoms with E-state index in [0.29, 0.717) is 17.0 Å². The van der Waals surface area contributed by atoms with E-state index in [9.17, 15) is 4.79 Å². The van der Waals surface area contributed by atoms with Crippen LogP contribution >= 0.6 is 11.3 Å². The second kappa shape index (κ2) is 5.50. The third-order valence-corrected chi connectivity index (χ3v) is 4.00. The molecule has 3 N–H and O–H groups in total. The fourth-order valence-corrected chi connectivity index (χ4v) is 2.61. The van der Waals surface area contributed by atoms with Crippen LogP contribution in [0.15, 0.2) is 29.8 Å². The maximum Gasteiger partial charge on any atom is 0.257 e. The van der Waals surface area contributed by atoms with Crippen molar-refractivity contribution < 1.29 is 9.53 Å². The van der Waals surface area contributed by atoms with Crippen LogP contribution in [0.2, 0.25) is 0 Å². The SMILES string of the molecule is COc1cccc(N)c1C(=O)NC(C)(C)c1nccs1. The molecular weight excluding hydrogens is 274 g/mol. The van der Waals surface area contributed by atoms with Gasteiger partial charge in [0.25, 0.3) is 5.91 Å². The number of thiazole rings is 1. The zero-order valence-corrected chi connectivity index (χ0v) is 12.5. The van der Waals surface area contributed by atoms with Crippen molar-refractivity contribution in [2.24, 2.45) is 0 Å². The second-order valence-electron chi connectivity index (χ2n) is 4.84. The molecule has 6 heteroatoms. The number of nitrogens with two attached hydrogens (primary N) is 1. The van der Waals surface area contributed by atoms with Crippen LogP contribution in [0.4, 0.5) is 5.69 Å². The van der Waals surface area contributed by atoms with Crippen molar-refractivity contribution >= 4 is 22.9 Å². The van der Waals surface area contributed by atoms with Crippen molar-refractivity contribution in [3.63, 3.8) is 0 Å². The predicted molar refractivity (Wildman–Crippen MR) is 80.0 cm³/mol. The number of hydrogen-bond acceptors (Lipinski definition) is 5. The third-order valence-electron chi connectivity index (χ3n) is 2.90. The van der Waals surface area contributed by atoms with E-state index in [1.165, 1.54) is 18.4 Å². The van der Waals surface area contributed by atoms with Gasteiger partial charge in [-0.1, -0.05) is 6.07 Å². The lowest BCUT2D eigenvalue weighted by Crippen LogP contribution is -2.41. The van der Waals surface area contributed by atoms with Gasteiger partial charge in [0.2, 0.25) is 0 Å². The Bertz CT molecular complexity index is 609. The van der Waals surface area contributed by atoms with Crippen LogP contribution in [0.25, 0.3) is 0 Å². The van der Waals surface area contributed by atoms with Crippen molar-refractivity contribution in [1.82, 2.24) is 10.3 Å². The minimum atomic E-state index is -0.571. The van der Waals surface area contributed by atoms with Gasteiger partial charge >= 0.3 is 0 Å². The number of nitrogens with one attached hydrogen (secondary N) is 1. The molecule has 1 aromatic carbocycles. The minimum absolute atomic E-state index is 0.278. The molecule has 0 saturated carbocycles. The van der Waals surface area contributed by atoms with Gasteiger partial charge < -0.3 is 15.8 Å². The number of hydrogen-bond donors (Lipinski definition) is 2. The number of amides is 1. The standard InChI is InChI=1S/C14H17N3O2S/c1-14(2,13-16-7-8-20-13)17-12(18)11-9(15)5-4-6-10(11)19-3/h4-8H,15H2,1-3H3,(H,17,18). The predicted octanol–water partition coefficient (Wildman–Crippen LogP) is 2.40. The summed E-state index contributed by atoms with van der Waals surface area (Å²) in [5, 5.41) is 5.65. The Kier molecular flexibility index (Phi) is 3.94. The molecule has 20 heavy (non-hydrogen) atoms. The maximum absolute atomic E-state index is 12.5. The van der Waals surface area contributed by atoms with E-state index in [4.69, 9.17) is 10.5 Å². The molecule has 0 aliphatic carbocycles. The lowest BCUT2D eigenvalue weighted by Gasteiger charge is -2.24. The molecule has 0 bridgehead atoms. The lowest BCUT2D eigenvalue weighted by atomic mass is 10.0. The Hall–Kier alpha value is -2.08. The van der Waals surface area contributed by atoms with Crippen molar-refractivity contribution in [2.75, 3.05) is 12.8 Å². The van der Waals surface area contributed by atoms with Gasteiger partial charge in [-0.2, -0.15) is 0 Å². The first-order valence-electron chi connectivity index (χ1n) is 6.10. The van der Waals surface area contributed by atoms with E-state index in [2.05, 4.69) is 10.3 Å². The number of aromatic nitrogens is 1. The van der Waals surface area contributed by atoms with E-state index in [-0.39, 0.29) is 5.91 Å². The zero-order valence-electron chi connectivity index (χ0n) is 11.6. The van der Waals surface area contributed by atoms with E-state index in [1.807, 2.05) is 19.2 Å². The highest BCUT2D eigenvalue weighted by atomic mass is 32.1. The number of carbonyl (C=O) groups is 1. The van der Waals surface area contributed by atoms with E-state index >= 15 is 0 Å². The molecule has 0 radical (unpaired) electrons. The number of anilines is 1. The van der Waals surface area contributed by atoms with Gasteiger partial charge in [0.05, 0.1) is 12.6 Å². The Labute approximate surface area is 121 Å². The molecule has 5 nitrogen and oxygen atoms in total. The van der Waals surface area contributed by atoms with Crippen LogP contribution in [0, 0.1) is 0 Å². The second-order valence-corrected chi connectivity index (χ2v) is 5.74. The van der Waals surface area contributed by atoms with Crippen molar-refractivity contribution in [2.45, 2.75) is 19.4 Å². The summed E-state index contributed by atoms with van der Waals surface area (Å²) in [6, 6.07) is 5.13. The molecule has 2 rings (SSSR count). The molecule has 0 saturated heterocycles. The fourth-order valence-electron chi connectivity index (χ4n) is 1.89. The van der Waals surface area contributed by atoms with Crippen LogP contribution in [-0.2, 0) is 5.54 Å². The Morgan fingerprint density at radius 3 is 2.80 bits per heavy atom. The van der Waals surface area contributed by atoms with Gasteiger partial charge in [0, 0.05) is 17.3 Å². The molecule has 2 aromatic rings. The molecule has 0 aliphatic rings. The molecular formula is C14H17N3O2S. The van der Waals surface area contributed by atoms with Gasteiger partial charge in [-0.05, 0) is 26.0 Å². The van der Waals surface area contributed by atoms with Crippen LogP contribution in [-0.4, -0.2) is 18.0 Å². The number of benzene rings is 1. The number of nitrogen functional groups attached to an aromatic ring is 1. The van der Waals surface area contributed by atoms with E-state index in [0.717, 1.165) is 5.01 Å². The normalized spacial score (nSPS) is 11.2. The number of nitrogens with zero attached hydrogens (tertiary/aromatic N) is 1. The number of methoxy groups -OCH3 is 1. The minimum Gasteiger partial charge on any atom is -0.496 e. The van der Waals surface area contributed by atoms with Crippen molar-refractivity contribution in [1.29, 1.82) is 0 Å². The van der Waals surface area contributed by atoms with Gasteiger partial charge in [0.1, 0.15) is 16.3 Å². The lowest BCUT2D eigenvalue weighted by molar-refractivity contribution is 0.0910. The summed E-state index contributed by atoms with van der Waals surface area (Å²) < 4.78 is 5.20. The average Bonchev–Trinajstić information content (AvgIpc) is 2.92. The van der Waals surface area contributed by atoms with Gasteiger partial charge in [-0.3, -0.25) is 4.79 Å². The summed E-state index contributed by atoms with van der Waals surface area (Å²) in [6.45, 7) is 3.80. The molecule has 106 valence electrons. The molecule has 0 fully saturated rings. The summed E-state index contributed by atoms with van der Waals surface area (Å²) >= 11 is 1.49. The highest BCUT2D eigenvalue weighted by molar-refractivity contribution is 7.09. The van der Waals surface area contributed by atoms with Gasteiger partial charge in [-0.25, -0.2) is 4.98 Å². The molecule has 0 spiro atoms. The molecule has 1 aromatic heterocycles. The molecule has 1 amide bonds.